The van der Waals surface area contributed by atoms with Gasteiger partial charge in [0.05, 0.1) is 16.1 Å². The third-order valence-electron chi connectivity index (χ3n) is 2.11. The second-order valence-electron chi connectivity index (χ2n) is 3.32. The first-order valence-electron chi connectivity index (χ1n) is 4.93. The van der Waals surface area contributed by atoms with E-state index in [1.807, 2.05) is 6.07 Å². The van der Waals surface area contributed by atoms with E-state index in [9.17, 15) is 0 Å². The largest absolute Gasteiger partial charge is 0.496 e. The Balaban J connectivity index is 2.32. The third kappa shape index (κ3) is 3.16. The van der Waals surface area contributed by atoms with Gasteiger partial charge in [-0.2, -0.15) is 0 Å². The molecule has 0 saturated carbocycles. The van der Waals surface area contributed by atoms with Crippen molar-refractivity contribution in [3.05, 3.63) is 44.4 Å². The summed E-state index contributed by atoms with van der Waals surface area (Å²) in [4.78, 5) is 4.06. The molecule has 18 heavy (non-hydrogen) atoms. The van der Waals surface area contributed by atoms with Gasteiger partial charge in [0.15, 0.2) is 0 Å². The number of halogens is 3. The predicted octanol–water partition coefficient (Wildman–Crippen LogP) is 5.06. The van der Waals surface area contributed by atoms with Gasteiger partial charge < -0.3 is 9.47 Å². The van der Waals surface area contributed by atoms with Crippen LogP contribution in [0.1, 0.15) is 0 Å². The summed E-state index contributed by atoms with van der Waals surface area (Å²) >= 11 is 12.6. The number of aromatic nitrogens is 1. The molecule has 2 aromatic rings. The number of ether oxygens (including phenoxy) is 2. The van der Waals surface area contributed by atoms with E-state index in [4.69, 9.17) is 21.1 Å². The fourth-order valence-corrected chi connectivity index (χ4v) is 2.35. The molecule has 0 amide bonds. The van der Waals surface area contributed by atoms with E-state index in [0.717, 1.165) is 8.95 Å². The van der Waals surface area contributed by atoms with Crippen LogP contribution >= 0.6 is 43.5 Å². The first kappa shape index (κ1) is 13.6. The lowest BCUT2D eigenvalue weighted by Crippen LogP contribution is -1.91. The van der Waals surface area contributed by atoms with Crippen LogP contribution in [0, 0.1) is 0 Å². The Bertz CT molecular complexity index is 578. The van der Waals surface area contributed by atoms with Crippen LogP contribution in [0.2, 0.25) is 5.15 Å². The number of nitrogens with zero attached hydrogens (tertiary/aromatic N) is 1. The van der Waals surface area contributed by atoms with Crippen molar-refractivity contribution in [2.24, 2.45) is 0 Å². The summed E-state index contributed by atoms with van der Waals surface area (Å²) in [5, 5.41) is 0.385. The summed E-state index contributed by atoms with van der Waals surface area (Å²) in [6, 6.07) is 8.80. The highest BCUT2D eigenvalue weighted by atomic mass is 79.9. The van der Waals surface area contributed by atoms with Crippen LogP contribution in [0.3, 0.4) is 0 Å². The van der Waals surface area contributed by atoms with Crippen molar-refractivity contribution in [3.8, 4) is 17.4 Å². The molecule has 0 saturated heterocycles. The highest BCUT2D eigenvalue weighted by Crippen LogP contribution is 2.37. The Kier molecular flexibility index (Phi) is 4.48. The Morgan fingerprint density at radius 2 is 1.78 bits per heavy atom. The summed E-state index contributed by atoms with van der Waals surface area (Å²) in [5.41, 5.74) is 0. The van der Waals surface area contributed by atoms with E-state index in [2.05, 4.69) is 36.8 Å². The molecular weight excluding hydrogens is 385 g/mol. The highest BCUT2D eigenvalue weighted by Gasteiger charge is 2.09. The zero-order valence-electron chi connectivity index (χ0n) is 9.28. The Morgan fingerprint density at radius 1 is 1.11 bits per heavy atom. The van der Waals surface area contributed by atoms with Gasteiger partial charge in [-0.3, -0.25) is 0 Å². The molecule has 0 aliphatic heterocycles. The number of rotatable bonds is 3. The molecule has 2 rings (SSSR count). The van der Waals surface area contributed by atoms with Gasteiger partial charge in [-0.25, -0.2) is 4.98 Å². The van der Waals surface area contributed by atoms with Crippen LogP contribution in [-0.2, 0) is 0 Å². The van der Waals surface area contributed by atoms with E-state index in [0.29, 0.717) is 22.5 Å². The Labute approximate surface area is 126 Å². The zero-order chi connectivity index (χ0) is 13.1. The van der Waals surface area contributed by atoms with Crippen molar-refractivity contribution in [1.82, 2.24) is 4.98 Å². The van der Waals surface area contributed by atoms with Crippen LogP contribution in [0.15, 0.2) is 39.3 Å². The molecule has 0 spiro atoms. The Hall–Kier alpha value is -0.780. The lowest BCUT2D eigenvalue weighted by Gasteiger charge is -2.10. The molecule has 1 aromatic heterocycles. The molecule has 0 N–H and O–H groups in total. The molecule has 0 aliphatic rings. The third-order valence-corrected chi connectivity index (χ3v) is 3.56. The summed E-state index contributed by atoms with van der Waals surface area (Å²) < 4.78 is 12.4. The standard InChI is InChI=1S/C12H8Br2ClNO2/c1-17-9-5-8(14)10(6-7(9)13)18-12-4-2-3-11(15)16-12/h2-6H,1H3. The van der Waals surface area contributed by atoms with Crippen LogP contribution in [0.25, 0.3) is 0 Å². The molecule has 94 valence electrons. The number of methoxy groups -OCH3 is 1. The first-order valence-corrected chi connectivity index (χ1v) is 6.90. The fourth-order valence-electron chi connectivity index (χ4n) is 1.30. The second kappa shape index (κ2) is 5.91. The molecular formula is C12H8Br2ClNO2. The summed E-state index contributed by atoms with van der Waals surface area (Å²) in [6.07, 6.45) is 0. The van der Waals surface area contributed by atoms with Gasteiger partial charge >= 0.3 is 0 Å². The van der Waals surface area contributed by atoms with Crippen LogP contribution in [0.4, 0.5) is 0 Å². The number of hydrogen-bond donors (Lipinski definition) is 0. The van der Waals surface area contributed by atoms with Crippen LogP contribution < -0.4 is 9.47 Å². The Morgan fingerprint density at radius 3 is 2.44 bits per heavy atom. The van der Waals surface area contributed by atoms with Crippen molar-refractivity contribution >= 4 is 43.5 Å². The molecule has 0 fully saturated rings. The highest BCUT2D eigenvalue weighted by molar-refractivity contribution is 9.11. The van der Waals surface area contributed by atoms with Gasteiger partial charge in [-0.1, -0.05) is 17.7 Å². The van der Waals surface area contributed by atoms with Gasteiger partial charge in [0.25, 0.3) is 0 Å². The van der Waals surface area contributed by atoms with E-state index >= 15 is 0 Å². The normalized spacial score (nSPS) is 10.2. The number of pyridine rings is 1. The maximum Gasteiger partial charge on any atom is 0.220 e. The maximum atomic E-state index is 5.80. The van der Waals surface area contributed by atoms with Gasteiger partial charge in [-0.05, 0) is 50.1 Å². The van der Waals surface area contributed by atoms with Crippen molar-refractivity contribution in [3.63, 3.8) is 0 Å². The van der Waals surface area contributed by atoms with E-state index in [-0.39, 0.29) is 0 Å². The molecule has 3 nitrogen and oxygen atoms in total. The average Bonchev–Trinajstić information content (AvgIpc) is 2.33. The minimum atomic E-state index is 0.385. The molecule has 0 aliphatic carbocycles. The van der Waals surface area contributed by atoms with Crippen molar-refractivity contribution in [2.75, 3.05) is 7.11 Å². The minimum Gasteiger partial charge on any atom is -0.496 e. The molecule has 0 bridgehead atoms. The molecule has 0 radical (unpaired) electrons. The molecule has 1 heterocycles. The van der Waals surface area contributed by atoms with Gasteiger partial charge in [0.1, 0.15) is 16.7 Å². The topological polar surface area (TPSA) is 31.4 Å². The summed E-state index contributed by atoms with van der Waals surface area (Å²) in [7, 11) is 1.60. The van der Waals surface area contributed by atoms with Crippen LogP contribution in [0.5, 0.6) is 17.4 Å². The molecule has 6 heteroatoms. The lowest BCUT2D eigenvalue weighted by atomic mass is 10.3. The summed E-state index contributed by atoms with van der Waals surface area (Å²) in [6.45, 7) is 0. The smallest absolute Gasteiger partial charge is 0.220 e. The second-order valence-corrected chi connectivity index (χ2v) is 5.41. The lowest BCUT2D eigenvalue weighted by molar-refractivity contribution is 0.408. The van der Waals surface area contributed by atoms with Gasteiger partial charge in [-0.15, -0.1) is 0 Å². The molecule has 0 unspecified atom stereocenters. The van der Waals surface area contributed by atoms with Crippen molar-refractivity contribution in [1.29, 1.82) is 0 Å². The van der Waals surface area contributed by atoms with E-state index < -0.39 is 0 Å². The number of hydrogen-bond acceptors (Lipinski definition) is 3. The monoisotopic (exact) mass is 391 g/mol. The summed E-state index contributed by atoms with van der Waals surface area (Å²) in [5.74, 6) is 1.77. The average molecular weight is 393 g/mol. The molecule has 1 aromatic carbocycles. The quantitative estimate of drug-likeness (QED) is 0.683. The van der Waals surface area contributed by atoms with E-state index in [1.54, 1.807) is 31.4 Å². The van der Waals surface area contributed by atoms with Crippen LogP contribution in [-0.4, -0.2) is 12.1 Å². The maximum absolute atomic E-state index is 5.80. The first-order chi connectivity index (χ1) is 8.60. The van der Waals surface area contributed by atoms with Crippen molar-refractivity contribution < 1.29 is 9.47 Å². The van der Waals surface area contributed by atoms with Gasteiger partial charge in [0, 0.05) is 6.07 Å². The fraction of sp³-hybridized carbons (Fsp3) is 0.0833. The SMILES string of the molecule is COc1cc(Br)c(Oc2cccc(Cl)n2)cc1Br. The predicted molar refractivity (Wildman–Crippen MR) is 77.7 cm³/mol. The zero-order valence-corrected chi connectivity index (χ0v) is 13.2. The molecule has 0 atom stereocenters. The van der Waals surface area contributed by atoms with Crippen molar-refractivity contribution in [2.45, 2.75) is 0 Å². The minimum absolute atomic E-state index is 0.385. The van der Waals surface area contributed by atoms with E-state index in [1.165, 1.54) is 0 Å². The number of benzene rings is 1. The van der Waals surface area contributed by atoms with Gasteiger partial charge in [0.2, 0.25) is 5.88 Å².